The molecular formula is C81H132FN9O13S2. The van der Waals surface area contributed by atoms with Crippen molar-refractivity contribution >= 4 is 71.1 Å². The number of fused-ring (bicyclic) bond motifs is 12. The number of aliphatic hydroxyl groups is 2. The van der Waals surface area contributed by atoms with Crippen LogP contribution in [0.1, 0.15) is 236 Å². The summed E-state index contributed by atoms with van der Waals surface area (Å²) in [6, 6.07) is 0.906. The third-order valence-corrected chi connectivity index (χ3v) is 31.7. The van der Waals surface area contributed by atoms with Gasteiger partial charge in [-0.1, -0.05) is 77.7 Å². The number of carbonyl (C=O) groups excluding carboxylic acids is 8. The first-order chi connectivity index (χ1) is 51.3. The van der Waals surface area contributed by atoms with E-state index in [0.29, 0.717) is 122 Å². The monoisotopic (exact) mass is 1520 g/mol. The highest BCUT2D eigenvalue weighted by Crippen LogP contribution is 2.69. The van der Waals surface area contributed by atoms with E-state index in [0.717, 1.165) is 143 Å². The maximum atomic E-state index is 12.7. The summed E-state index contributed by atoms with van der Waals surface area (Å²) in [5, 5.41) is 42.8. The van der Waals surface area contributed by atoms with Gasteiger partial charge < -0.3 is 67.5 Å². The number of thioether (sulfide) groups is 2. The van der Waals surface area contributed by atoms with Crippen LogP contribution in [0, 0.1) is 80.8 Å². The number of hydrogen-bond donors (Lipinski definition) is 10. The van der Waals surface area contributed by atoms with Crippen molar-refractivity contribution in [1.29, 1.82) is 0 Å². The number of aliphatic hydroxyl groups excluding tert-OH is 2. The molecule has 25 heteroatoms. The van der Waals surface area contributed by atoms with Gasteiger partial charge >= 0.3 is 18.0 Å². The topological polar surface area (TPSA) is 318 Å². The van der Waals surface area contributed by atoms with Crippen LogP contribution in [0.25, 0.3) is 0 Å². The molecule has 3 unspecified atom stereocenters. The molecule has 5 heterocycles. The number of hydroxylamine groups is 2. The number of rotatable bonds is 30. The first-order valence-corrected chi connectivity index (χ1v) is 43.1. The van der Waals surface area contributed by atoms with Crippen molar-refractivity contribution in [3.63, 3.8) is 0 Å². The van der Waals surface area contributed by atoms with Crippen LogP contribution in [-0.2, 0) is 43.1 Å². The summed E-state index contributed by atoms with van der Waals surface area (Å²) in [6.07, 6.45) is 32.8. The number of amides is 9. The SMILES string of the molecule is CC(CCC(=O)NCCOCCNC(=O)CCCC[C@@H]1SC[C@@H]2NC(=O)N[C@@H]21)[C@H]1CC[C@H]2C3CC=C4C[C@@H](O)CC[C@]4(C)[C@H]3CC[C@]12C.CC(CCC(=O)ON1C(=O)CCC1=O)[C@H]1CC[C@H]2[C@@H]3CC=C4C[C@@H](O)CC[C@]4(C)[C@H]3CC[C@]12C.NCCOCCNC(=O)CCCC[C@@H]1SC[C@@H]2NC(=O)N[C@@H]21.[2H]CF. The molecule has 11 N–H and O–H groups in total. The van der Waals surface area contributed by atoms with Crippen molar-refractivity contribution in [3.05, 3.63) is 23.3 Å². The number of nitrogens with two attached hydrogens (primary N) is 1. The zero-order valence-corrected chi connectivity index (χ0v) is 66.3. The second-order valence-electron chi connectivity index (χ2n) is 34.6. The van der Waals surface area contributed by atoms with Gasteiger partial charge in [0.2, 0.25) is 17.7 Å². The van der Waals surface area contributed by atoms with Gasteiger partial charge in [-0.05, 0) is 222 Å². The highest BCUT2D eigenvalue weighted by Gasteiger charge is 2.61. The second kappa shape index (κ2) is 38.6. The Morgan fingerprint density at radius 1 is 0.594 bits per heavy atom. The maximum absolute atomic E-state index is 12.7. The van der Waals surface area contributed by atoms with E-state index in [9.17, 15) is 53.0 Å². The van der Waals surface area contributed by atoms with Crippen LogP contribution in [0.4, 0.5) is 14.0 Å². The van der Waals surface area contributed by atoms with E-state index in [1.165, 1.54) is 63.4 Å². The fourth-order valence-corrected chi connectivity index (χ4v) is 26.1. The quantitative estimate of drug-likeness (QED) is 0.0138. The summed E-state index contributed by atoms with van der Waals surface area (Å²) in [5.74, 6) is 7.61. The van der Waals surface area contributed by atoms with E-state index in [1.807, 2.05) is 23.5 Å². The minimum atomic E-state index is -1.00. The Hall–Kier alpha value is -4.53. The fourth-order valence-electron chi connectivity index (χ4n) is 23.0. The molecule has 22 nitrogen and oxygen atoms in total. The minimum Gasteiger partial charge on any atom is -0.393 e. The highest BCUT2D eigenvalue weighted by molar-refractivity contribution is 8.00. The molecule has 9 amide bonds. The smallest absolute Gasteiger partial charge is 0.333 e. The van der Waals surface area contributed by atoms with Gasteiger partial charge in [0.15, 0.2) is 0 Å². The van der Waals surface area contributed by atoms with E-state index < -0.39 is 24.9 Å². The Bertz CT molecular complexity index is 3090. The Kier molecular flexibility index (Phi) is 30.0. The third-order valence-electron chi connectivity index (χ3n) is 28.6. The predicted molar refractivity (Wildman–Crippen MR) is 411 cm³/mol. The van der Waals surface area contributed by atoms with Gasteiger partial charge in [-0.3, -0.25) is 28.4 Å². The Morgan fingerprint density at radius 2 is 1.02 bits per heavy atom. The van der Waals surface area contributed by atoms with Crippen molar-refractivity contribution in [1.82, 2.24) is 42.3 Å². The van der Waals surface area contributed by atoms with Gasteiger partial charge in [-0.2, -0.15) is 23.5 Å². The third kappa shape index (κ3) is 20.0. The number of imide groups is 1. The lowest BCUT2D eigenvalue weighted by atomic mass is 9.47. The average Bonchev–Trinajstić information content (AvgIpc) is 1.66. The van der Waals surface area contributed by atoms with Crippen LogP contribution >= 0.6 is 23.5 Å². The molecule has 0 bridgehead atoms. The van der Waals surface area contributed by atoms with Crippen LogP contribution in [0.3, 0.4) is 0 Å². The number of nitrogens with one attached hydrogen (secondary N) is 7. The van der Waals surface area contributed by atoms with Crippen molar-refractivity contribution in [2.24, 2.45) is 86.6 Å². The molecular weight excluding hydrogens is 1390 g/mol. The standard InChI is InChI=1S/C38H62N4O5S.C28H41NO5.C14H26N4O3S.CH3F/c1-24(28-11-12-29-27-10-9-25-22-26(43)14-16-37(25,2)30(27)15-17-38(28,29)3)8-13-34(45)40-19-21-47-20-18-39-33(44)7-5-4-6-32-35-31(23-48-32)41-36(46)42-35;1-17(4-11-26(33)34-29-24(31)9-10-25(29)32)21-7-8-22-20-6-5-18-16-19(30)12-14-27(18,2)23(20)13-15-28(21,22)3;15-5-7-21-8-6-16-12(19)4-2-1-3-11-13-10(9-22-11)17-14(20)18-13;1-2/h9,24,26-32,35,43H,4-8,10-23H2,1-3H3,(H,39,44)(H,40,45)(H2,41,42,46);5,17,19-23,30H,4,6-16H2,1-3H3;10-11,13H,1-9,15H2,(H,16,19)(H2,17,18,20);1H3/t24?,26-,27?,28+,29-,30-,31-,32-,35-,37-,38+;17?,19-,20-,21+,22-,23-,27-,28+;10-,11-,13-;/m000./s1/i;;;1D. The van der Waals surface area contributed by atoms with Gasteiger partial charge in [0.25, 0.3) is 11.8 Å². The van der Waals surface area contributed by atoms with E-state index in [2.05, 4.69) is 90.9 Å². The van der Waals surface area contributed by atoms with Gasteiger partial charge in [-0.25, -0.2) is 14.4 Å². The summed E-state index contributed by atoms with van der Waals surface area (Å²) >= 11 is 3.82. The van der Waals surface area contributed by atoms with Crippen LogP contribution in [0.2, 0.25) is 0 Å². The first kappa shape index (κ1) is 82.4. The summed E-state index contributed by atoms with van der Waals surface area (Å²) in [7, 11) is -1.00. The molecule has 0 aromatic rings. The lowest BCUT2D eigenvalue weighted by Gasteiger charge is -2.58. The molecule has 13 rings (SSSR count). The number of halogens is 1. The number of alkyl halides is 1. The van der Waals surface area contributed by atoms with Gasteiger partial charge in [0.05, 0.1) is 71.3 Å². The number of ether oxygens (including phenoxy) is 2. The predicted octanol–water partition coefficient (Wildman–Crippen LogP) is 10.7. The molecule has 8 aliphatic carbocycles. The van der Waals surface area contributed by atoms with Crippen LogP contribution in [0.15, 0.2) is 23.3 Å². The Labute approximate surface area is 640 Å². The highest BCUT2D eigenvalue weighted by atomic mass is 32.2. The molecule has 5 saturated heterocycles. The van der Waals surface area contributed by atoms with E-state index >= 15 is 0 Å². The molecule has 0 spiro atoms. The number of nitrogens with zero attached hydrogens (tertiary/aromatic N) is 1. The molecule has 13 aliphatic rings. The lowest BCUT2D eigenvalue weighted by Crippen LogP contribution is -2.50. The number of urea groups is 2. The zero-order valence-electron chi connectivity index (χ0n) is 65.6. The molecule has 598 valence electrons. The Morgan fingerprint density at radius 3 is 1.46 bits per heavy atom. The van der Waals surface area contributed by atoms with Gasteiger partial charge in [-0.15, -0.1) is 5.06 Å². The Balaban J connectivity index is 0.000000180. The van der Waals surface area contributed by atoms with Crippen LogP contribution in [0.5, 0.6) is 0 Å². The van der Waals surface area contributed by atoms with Crippen LogP contribution < -0.4 is 43.0 Å². The van der Waals surface area contributed by atoms with Crippen LogP contribution in [-0.4, -0.2) is 181 Å². The molecule has 0 radical (unpaired) electrons. The summed E-state index contributed by atoms with van der Waals surface area (Å²) in [4.78, 5) is 100. The van der Waals surface area contributed by atoms with Crippen molar-refractivity contribution in [2.45, 2.75) is 281 Å². The summed E-state index contributed by atoms with van der Waals surface area (Å²) in [6.45, 7) is 18.7. The molecule has 22 atom stereocenters. The van der Waals surface area contributed by atoms with Crippen molar-refractivity contribution in [3.8, 4) is 0 Å². The number of unbranched alkanes of at least 4 members (excludes halogenated alkanes) is 2. The van der Waals surface area contributed by atoms with E-state index in [-0.39, 0.29) is 96.3 Å². The molecule has 0 aromatic heterocycles. The number of carbonyl (C=O) groups is 8. The summed E-state index contributed by atoms with van der Waals surface area (Å²) in [5.41, 5.74) is 9.61. The fraction of sp³-hybridized carbons (Fsp3) is 0.852. The van der Waals surface area contributed by atoms with Gasteiger partial charge in [0, 0.05) is 86.7 Å². The van der Waals surface area contributed by atoms with Crippen molar-refractivity contribution in [2.75, 3.05) is 71.3 Å². The lowest BCUT2D eigenvalue weighted by molar-refractivity contribution is -0.197. The normalized spacial score (nSPS) is 36.9. The van der Waals surface area contributed by atoms with Gasteiger partial charge in [0.1, 0.15) is 0 Å². The van der Waals surface area contributed by atoms with Crippen molar-refractivity contribution < 1.29 is 68.6 Å². The molecule has 106 heavy (non-hydrogen) atoms. The minimum absolute atomic E-state index is 0.0449. The second-order valence-corrected chi connectivity index (χ2v) is 37.2. The average molecular weight is 1520 g/mol. The molecule has 5 aliphatic heterocycles. The molecule has 11 fully saturated rings. The number of hydrogen-bond acceptors (Lipinski definition) is 16. The van der Waals surface area contributed by atoms with E-state index in [4.69, 9.17) is 21.4 Å². The number of allylic oxidation sites excluding steroid dienone is 2. The molecule has 0 aromatic carbocycles. The molecule has 6 saturated carbocycles. The summed E-state index contributed by atoms with van der Waals surface area (Å²) < 4.78 is 26.3. The largest absolute Gasteiger partial charge is 0.393 e. The zero-order chi connectivity index (χ0) is 76.6. The van der Waals surface area contributed by atoms with E-state index in [1.54, 1.807) is 5.57 Å². The maximum Gasteiger partial charge on any atom is 0.333 e. The first-order valence-electron chi connectivity index (χ1n) is 41.7.